The Morgan fingerprint density at radius 1 is 0.368 bits per heavy atom. The molecule has 0 heterocycles. The van der Waals surface area contributed by atoms with Crippen molar-refractivity contribution in [3.63, 3.8) is 0 Å². The summed E-state index contributed by atoms with van der Waals surface area (Å²) in [5.74, 6) is 0. The number of fused-ring (bicyclic) bond motifs is 10. The molecule has 0 saturated carbocycles. The van der Waals surface area contributed by atoms with E-state index in [1.54, 1.807) is 0 Å². The lowest BCUT2D eigenvalue weighted by molar-refractivity contribution is 0.793. The third-order valence-electron chi connectivity index (χ3n) is 8.39. The molecule has 0 aromatic heterocycles. The summed E-state index contributed by atoms with van der Waals surface area (Å²) in [6.45, 7) is 0. The van der Waals surface area contributed by atoms with Gasteiger partial charge in [0.1, 0.15) is 0 Å². The predicted octanol–water partition coefficient (Wildman–Crippen LogP) is 10.1. The van der Waals surface area contributed by atoms with Gasteiger partial charge >= 0.3 is 0 Å². The molecule has 1 unspecified atom stereocenters. The standard InChI is InChI=1S/C37H23Br/c38-35-20-10-19-34-36(35)29-16-7-9-18-32(29)37(34)31-17-8-6-15-28(31)30-23-25(21-22-33(30)37)27-14-5-4-13-26(27)24-11-2-1-3-12-24/h1-23H. The Hall–Kier alpha value is -4.20. The summed E-state index contributed by atoms with van der Waals surface area (Å²) in [6.07, 6.45) is 0. The van der Waals surface area contributed by atoms with E-state index in [1.165, 1.54) is 66.8 Å². The van der Waals surface area contributed by atoms with E-state index in [9.17, 15) is 0 Å². The predicted molar refractivity (Wildman–Crippen MR) is 161 cm³/mol. The number of rotatable bonds is 2. The van der Waals surface area contributed by atoms with Crippen molar-refractivity contribution >= 4 is 15.9 Å². The molecular weight excluding hydrogens is 524 g/mol. The first kappa shape index (κ1) is 21.8. The molecule has 1 spiro atoms. The molecule has 0 N–H and O–H groups in total. The second kappa shape index (κ2) is 8.15. The minimum atomic E-state index is -0.320. The van der Waals surface area contributed by atoms with Gasteiger partial charge in [-0.15, -0.1) is 0 Å². The van der Waals surface area contributed by atoms with Crippen LogP contribution in [0.5, 0.6) is 0 Å². The minimum Gasteiger partial charge on any atom is -0.0622 e. The van der Waals surface area contributed by atoms with Crippen LogP contribution in [0.1, 0.15) is 22.3 Å². The van der Waals surface area contributed by atoms with Gasteiger partial charge in [-0.05, 0) is 73.3 Å². The van der Waals surface area contributed by atoms with Crippen LogP contribution in [0.2, 0.25) is 0 Å². The van der Waals surface area contributed by atoms with Gasteiger partial charge in [-0.1, -0.05) is 143 Å². The molecule has 0 amide bonds. The molecule has 8 rings (SSSR count). The normalized spacial score (nSPS) is 16.1. The maximum Gasteiger partial charge on any atom is 0.0725 e. The zero-order chi connectivity index (χ0) is 25.3. The van der Waals surface area contributed by atoms with Crippen molar-refractivity contribution in [3.05, 3.63) is 166 Å². The molecule has 0 nitrogen and oxygen atoms in total. The third-order valence-corrected chi connectivity index (χ3v) is 9.05. The van der Waals surface area contributed by atoms with Crippen molar-refractivity contribution in [2.24, 2.45) is 0 Å². The fourth-order valence-electron chi connectivity index (χ4n) is 6.92. The SMILES string of the molecule is Brc1cccc2c1-c1ccccc1C21c2ccccc2-c2cc(-c3ccccc3-c3ccccc3)ccc21. The summed E-state index contributed by atoms with van der Waals surface area (Å²) >= 11 is 3.90. The molecule has 1 atom stereocenters. The topological polar surface area (TPSA) is 0 Å². The monoisotopic (exact) mass is 546 g/mol. The Bertz CT molecular complexity index is 1880. The van der Waals surface area contributed by atoms with Crippen molar-refractivity contribution < 1.29 is 0 Å². The lowest BCUT2D eigenvalue weighted by Crippen LogP contribution is -2.25. The minimum absolute atomic E-state index is 0.320. The number of hydrogen-bond acceptors (Lipinski definition) is 0. The highest BCUT2D eigenvalue weighted by atomic mass is 79.9. The van der Waals surface area contributed by atoms with E-state index in [0.29, 0.717) is 0 Å². The number of hydrogen-bond donors (Lipinski definition) is 0. The van der Waals surface area contributed by atoms with Crippen molar-refractivity contribution in [2.75, 3.05) is 0 Å². The van der Waals surface area contributed by atoms with Gasteiger partial charge in [-0.2, -0.15) is 0 Å². The first-order valence-electron chi connectivity index (χ1n) is 13.1. The summed E-state index contributed by atoms with van der Waals surface area (Å²) in [5.41, 5.74) is 15.4. The van der Waals surface area contributed by atoms with Crippen LogP contribution in [0, 0.1) is 0 Å². The van der Waals surface area contributed by atoms with Crippen LogP contribution in [-0.2, 0) is 5.41 Å². The van der Waals surface area contributed by atoms with Gasteiger partial charge in [0, 0.05) is 10.0 Å². The molecule has 0 aliphatic heterocycles. The molecule has 2 aliphatic rings. The van der Waals surface area contributed by atoms with E-state index in [2.05, 4.69) is 155 Å². The molecule has 2 aliphatic carbocycles. The molecule has 38 heavy (non-hydrogen) atoms. The van der Waals surface area contributed by atoms with E-state index in [-0.39, 0.29) is 5.41 Å². The zero-order valence-corrected chi connectivity index (χ0v) is 22.2. The van der Waals surface area contributed by atoms with E-state index < -0.39 is 0 Å². The van der Waals surface area contributed by atoms with Crippen LogP contribution in [0.25, 0.3) is 44.5 Å². The van der Waals surface area contributed by atoms with Gasteiger partial charge < -0.3 is 0 Å². The zero-order valence-electron chi connectivity index (χ0n) is 20.7. The second-order valence-electron chi connectivity index (χ2n) is 10.2. The largest absolute Gasteiger partial charge is 0.0725 e. The maximum absolute atomic E-state index is 3.90. The highest BCUT2D eigenvalue weighted by Gasteiger charge is 2.51. The van der Waals surface area contributed by atoms with Crippen LogP contribution < -0.4 is 0 Å². The molecule has 1 heteroatoms. The van der Waals surface area contributed by atoms with Gasteiger partial charge in [-0.25, -0.2) is 0 Å². The third kappa shape index (κ3) is 2.80. The second-order valence-corrected chi connectivity index (χ2v) is 11.0. The summed E-state index contributed by atoms with van der Waals surface area (Å²) in [4.78, 5) is 0. The van der Waals surface area contributed by atoms with Gasteiger partial charge in [0.05, 0.1) is 5.41 Å². The Kier molecular flexibility index (Phi) is 4.68. The maximum atomic E-state index is 3.90. The Morgan fingerprint density at radius 3 is 1.68 bits per heavy atom. The van der Waals surface area contributed by atoms with Crippen molar-refractivity contribution in [2.45, 2.75) is 5.41 Å². The molecule has 178 valence electrons. The van der Waals surface area contributed by atoms with E-state index in [1.807, 2.05) is 0 Å². The number of benzene rings is 6. The summed E-state index contributed by atoms with van der Waals surface area (Å²) in [7, 11) is 0. The lowest BCUT2D eigenvalue weighted by Gasteiger charge is -2.30. The average molecular weight is 547 g/mol. The van der Waals surface area contributed by atoms with Crippen molar-refractivity contribution in [3.8, 4) is 44.5 Å². The van der Waals surface area contributed by atoms with Crippen molar-refractivity contribution in [1.82, 2.24) is 0 Å². The molecule has 0 bridgehead atoms. The summed E-state index contributed by atoms with van der Waals surface area (Å²) in [5, 5.41) is 0. The van der Waals surface area contributed by atoms with E-state index >= 15 is 0 Å². The van der Waals surface area contributed by atoms with Crippen LogP contribution in [0.15, 0.2) is 144 Å². The summed E-state index contributed by atoms with van der Waals surface area (Å²) < 4.78 is 1.15. The quantitative estimate of drug-likeness (QED) is 0.202. The van der Waals surface area contributed by atoms with Crippen LogP contribution in [-0.4, -0.2) is 0 Å². The molecule has 0 radical (unpaired) electrons. The van der Waals surface area contributed by atoms with Gasteiger partial charge in [0.15, 0.2) is 0 Å². The Labute approximate surface area is 231 Å². The average Bonchev–Trinajstić information content (AvgIpc) is 3.45. The van der Waals surface area contributed by atoms with Crippen LogP contribution in [0.4, 0.5) is 0 Å². The van der Waals surface area contributed by atoms with E-state index in [0.717, 1.165) is 4.47 Å². The molecule has 0 fully saturated rings. The van der Waals surface area contributed by atoms with Crippen LogP contribution >= 0.6 is 15.9 Å². The molecular formula is C37H23Br. The first-order chi connectivity index (χ1) is 18.8. The molecule has 0 saturated heterocycles. The highest BCUT2D eigenvalue weighted by Crippen LogP contribution is 2.63. The van der Waals surface area contributed by atoms with Gasteiger partial charge in [0.25, 0.3) is 0 Å². The van der Waals surface area contributed by atoms with Crippen molar-refractivity contribution in [1.29, 1.82) is 0 Å². The van der Waals surface area contributed by atoms with Crippen LogP contribution in [0.3, 0.4) is 0 Å². The van der Waals surface area contributed by atoms with Gasteiger partial charge in [0.2, 0.25) is 0 Å². The smallest absolute Gasteiger partial charge is 0.0622 e. The Balaban J connectivity index is 1.43. The number of halogens is 1. The van der Waals surface area contributed by atoms with E-state index in [4.69, 9.17) is 0 Å². The molecule has 6 aromatic carbocycles. The lowest BCUT2D eigenvalue weighted by atomic mass is 9.70. The fourth-order valence-corrected chi connectivity index (χ4v) is 7.50. The molecule has 6 aromatic rings. The summed E-state index contributed by atoms with van der Waals surface area (Å²) in [6, 6.07) is 51.2. The Morgan fingerprint density at radius 2 is 0.921 bits per heavy atom. The fraction of sp³-hybridized carbons (Fsp3) is 0.0270. The first-order valence-corrected chi connectivity index (χ1v) is 13.9. The van der Waals surface area contributed by atoms with Gasteiger partial charge in [-0.3, -0.25) is 0 Å². The highest BCUT2D eigenvalue weighted by molar-refractivity contribution is 9.10.